The second-order valence-corrected chi connectivity index (χ2v) is 4.94. The maximum atomic E-state index is 12.9. The van der Waals surface area contributed by atoms with Crippen LogP contribution in [0.2, 0.25) is 0 Å². The van der Waals surface area contributed by atoms with Gasteiger partial charge in [-0.25, -0.2) is 0 Å². The summed E-state index contributed by atoms with van der Waals surface area (Å²) in [7, 11) is 0. The number of hydrogen-bond acceptors (Lipinski definition) is 3. The molecule has 112 valence electrons. The van der Waals surface area contributed by atoms with E-state index in [1.165, 1.54) is 12.3 Å². The number of ether oxygens (including phenoxy) is 1. The molecular formula is C14H19F3N2O. The molecule has 1 N–H and O–H groups in total. The average Bonchev–Trinajstić information content (AvgIpc) is 2.93. The van der Waals surface area contributed by atoms with Crippen LogP contribution in [0.25, 0.3) is 0 Å². The second kappa shape index (κ2) is 6.54. The van der Waals surface area contributed by atoms with E-state index in [2.05, 4.69) is 10.3 Å². The van der Waals surface area contributed by atoms with Crippen LogP contribution in [0, 0.1) is 0 Å². The van der Waals surface area contributed by atoms with Gasteiger partial charge in [0, 0.05) is 25.4 Å². The van der Waals surface area contributed by atoms with Gasteiger partial charge in [-0.3, -0.25) is 4.98 Å². The zero-order chi connectivity index (χ0) is 14.6. The van der Waals surface area contributed by atoms with Crippen LogP contribution < -0.4 is 5.32 Å². The summed E-state index contributed by atoms with van der Waals surface area (Å²) in [5, 5.41) is 3.15. The standard InChI is InChI=1S/C14H19F3N2O/c1-2-11(13-6-4-8-20-13)19-9-12-10(14(15,16)17)5-3-7-18-12/h3,5,7,11,13,19H,2,4,6,8-9H2,1H3/t11-,13+/m0/s1. The van der Waals surface area contributed by atoms with Crippen molar-refractivity contribution in [1.29, 1.82) is 0 Å². The fourth-order valence-corrected chi connectivity index (χ4v) is 2.52. The van der Waals surface area contributed by atoms with Crippen LogP contribution >= 0.6 is 0 Å². The van der Waals surface area contributed by atoms with Gasteiger partial charge in [0.05, 0.1) is 17.4 Å². The van der Waals surface area contributed by atoms with Gasteiger partial charge in [0.15, 0.2) is 0 Å². The van der Waals surface area contributed by atoms with Crippen LogP contribution in [0.3, 0.4) is 0 Å². The highest BCUT2D eigenvalue weighted by atomic mass is 19.4. The van der Waals surface area contributed by atoms with Gasteiger partial charge < -0.3 is 10.1 Å². The van der Waals surface area contributed by atoms with Crippen LogP contribution in [0.15, 0.2) is 18.3 Å². The topological polar surface area (TPSA) is 34.2 Å². The second-order valence-electron chi connectivity index (χ2n) is 4.94. The van der Waals surface area contributed by atoms with E-state index < -0.39 is 11.7 Å². The van der Waals surface area contributed by atoms with Gasteiger partial charge in [0.2, 0.25) is 0 Å². The Kier molecular flexibility index (Phi) is 4.99. The van der Waals surface area contributed by atoms with E-state index in [1.807, 2.05) is 6.92 Å². The molecule has 0 aromatic carbocycles. The molecule has 1 aliphatic heterocycles. The van der Waals surface area contributed by atoms with Crippen molar-refractivity contribution in [2.24, 2.45) is 0 Å². The van der Waals surface area contributed by atoms with Gasteiger partial charge in [-0.05, 0) is 31.4 Å². The Labute approximate surface area is 116 Å². The van der Waals surface area contributed by atoms with Crippen molar-refractivity contribution in [2.45, 2.75) is 51.1 Å². The Morgan fingerprint density at radius 3 is 2.90 bits per heavy atom. The van der Waals surface area contributed by atoms with Crippen LogP contribution in [-0.2, 0) is 17.5 Å². The first-order valence-corrected chi connectivity index (χ1v) is 6.88. The smallest absolute Gasteiger partial charge is 0.377 e. The minimum absolute atomic E-state index is 0.0384. The number of pyridine rings is 1. The molecule has 2 rings (SSSR count). The van der Waals surface area contributed by atoms with Gasteiger partial charge in [0.25, 0.3) is 0 Å². The van der Waals surface area contributed by atoms with Crippen LogP contribution in [0.1, 0.15) is 37.4 Å². The van der Waals surface area contributed by atoms with Crippen molar-refractivity contribution >= 4 is 0 Å². The molecule has 0 spiro atoms. The third-order valence-corrected chi connectivity index (χ3v) is 3.58. The van der Waals surface area contributed by atoms with Gasteiger partial charge >= 0.3 is 6.18 Å². The molecule has 0 bridgehead atoms. The Morgan fingerprint density at radius 2 is 2.30 bits per heavy atom. The molecule has 0 amide bonds. The lowest BCUT2D eigenvalue weighted by molar-refractivity contribution is -0.138. The minimum atomic E-state index is -4.36. The van der Waals surface area contributed by atoms with E-state index in [4.69, 9.17) is 4.74 Å². The summed E-state index contributed by atoms with van der Waals surface area (Å²) in [6, 6.07) is 2.45. The highest BCUT2D eigenvalue weighted by molar-refractivity contribution is 5.22. The van der Waals surface area contributed by atoms with E-state index in [0.29, 0.717) is 0 Å². The molecule has 0 radical (unpaired) electrons. The predicted molar refractivity (Wildman–Crippen MR) is 69.1 cm³/mol. The van der Waals surface area contributed by atoms with Crippen LogP contribution in [-0.4, -0.2) is 23.7 Å². The molecule has 1 aromatic rings. The molecule has 6 heteroatoms. The average molecular weight is 288 g/mol. The summed E-state index contributed by atoms with van der Waals surface area (Å²) in [4.78, 5) is 3.85. The van der Waals surface area contributed by atoms with E-state index in [0.717, 1.165) is 31.9 Å². The van der Waals surface area contributed by atoms with Gasteiger partial charge in [-0.1, -0.05) is 6.92 Å². The molecule has 20 heavy (non-hydrogen) atoms. The number of aromatic nitrogens is 1. The molecule has 2 heterocycles. The molecular weight excluding hydrogens is 269 g/mol. The quantitative estimate of drug-likeness (QED) is 0.903. The number of hydrogen-bond donors (Lipinski definition) is 1. The summed E-state index contributed by atoms with van der Waals surface area (Å²) in [5.41, 5.74) is -0.633. The van der Waals surface area contributed by atoms with Gasteiger partial charge in [-0.2, -0.15) is 13.2 Å². The number of halogens is 3. The summed E-state index contributed by atoms with van der Waals surface area (Å²) in [6.07, 6.45) is -0.0900. The summed E-state index contributed by atoms with van der Waals surface area (Å²) in [6.45, 7) is 2.84. The van der Waals surface area contributed by atoms with Crippen molar-refractivity contribution in [3.05, 3.63) is 29.6 Å². The normalized spacial score (nSPS) is 21.1. The highest BCUT2D eigenvalue weighted by Crippen LogP contribution is 2.31. The van der Waals surface area contributed by atoms with Crippen molar-refractivity contribution < 1.29 is 17.9 Å². The van der Waals surface area contributed by atoms with Crippen molar-refractivity contribution in [2.75, 3.05) is 6.61 Å². The molecule has 0 saturated carbocycles. The summed E-state index contributed by atoms with van der Waals surface area (Å²) < 4.78 is 44.2. The maximum Gasteiger partial charge on any atom is 0.418 e. The number of nitrogens with zero attached hydrogens (tertiary/aromatic N) is 1. The zero-order valence-corrected chi connectivity index (χ0v) is 11.4. The molecule has 2 atom stereocenters. The van der Waals surface area contributed by atoms with E-state index in [9.17, 15) is 13.2 Å². The third-order valence-electron chi connectivity index (χ3n) is 3.58. The monoisotopic (exact) mass is 288 g/mol. The van der Waals surface area contributed by atoms with Crippen molar-refractivity contribution in [3.8, 4) is 0 Å². The Morgan fingerprint density at radius 1 is 1.50 bits per heavy atom. The Bertz CT molecular complexity index is 431. The summed E-state index contributed by atoms with van der Waals surface area (Å²) in [5.74, 6) is 0. The molecule has 0 aliphatic carbocycles. The number of nitrogens with one attached hydrogen (secondary N) is 1. The van der Waals surface area contributed by atoms with Crippen molar-refractivity contribution in [3.63, 3.8) is 0 Å². The predicted octanol–water partition coefficient (Wildman–Crippen LogP) is 3.15. The number of rotatable bonds is 5. The minimum Gasteiger partial charge on any atom is -0.377 e. The zero-order valence-electron chi connectivity index (χ0n) is 11.4. The molecule has 3 nitrogen and oxygen atoms in total. The first-order valence-electron chi connectivity index (χ1n) is 6.88. The number of alkyl halides is 3. The fourth-order valence-electron chi connectivity index (χ4n) is 2.52. The first kappa shape index (κ1) is 15.3. The third kappa shape index (κ3) is 3.70. The van der Waals surface area contributed by atoms with Crippen LogP contribution in [0.5, 0.6) is 0 Å². The lowest BCUT2D eigenvalue weighted by Gasteiger charge is -2.23. The molecule has 1 aliphatic rings. The van der Waals surface area contributed by atoms with Gasteiger partial charge in [0.1, 0.15) is 0 Å². The SMILES string of the molecule is CC[C@H](NCc1ncccc1C(F)(F)F)[C@H]1CCCO1. The molecule has 1 saturated heterocycles. The lowest BCUT2D eigenvalue weighted by atomic mass is 10.1. The van der Waals surface area contributed by atoms with E-state index in [-0.39, 0.29) is 24.4 Å². The Hall–Kier alpha value is -1.14. The fraction of sp³-hybridized carbons (Fsp3) is 0.643. The molecule has 1 fully saturated rings. The van der Waals surface area contributed by atoms with Crippen LogP contribution in [0.4, 0.5) is 13.2 Å². The maximum absolute atomic E-state index is 12.9. The Balaban J connectivity index is 2.02. The molecule has 0 unspecified atom stereocenters. The van der Waals surface area contributed by atoms with Crippen molar-refractivity contribution in [1.82, 2.24) is 10.3 Å². The first-order chi connectivity index (χ1) is 9.52. The largest absolute Gasteiger partial charge is 0.418 e. The molecule has 1 aromatic heterocycles. The lowest BCUT2D eigenvalue weighted by Crippen LogP contribution is -2.39. The van der Waals surface area contributed by atoms with E-state index >= 15 is 0 Å². The highest BCUT2D eigenvalue weighted by Gasteiger charge is 2.34. The van der Waals surface area contributed by atoms with Gasteiger partial charge in [-0.15, -0.1) is 0 Å². The summed E-state index contributed by atoms with van der Waals surface area (Å²) >= 11 is 0. The van der Waals surface area contributed by atoms with E-state index in [1.54, 1.807) is 0 Å².